The van der Waals surface area contributed by atoms with Crippen molar-refractivity contribution < 1.29 is 10.0 Å². The Bertz CT molecular complexity index is 242. The van der Waals surface area contributed by atoms with Crippen molar-refractivity contribution in [3.63, 3.8) is 0 Å². The summed E-state index contributed by atoms with van der Waals surface area (Å²) in [6.45, 7) is 6.70. The Labute approximate surface area is 104 Å². The maximum Gasteiger partial charge on any atom is 0.244 e. The van der Waals surface area contributed by atoms with E-state index in [-0.39, 0.29) is 5.91 Å². The van der Waals surface area contributed by atoms with Crippen LogP contribution in [0.25, 0.3) is 0 Å². The van der Waals surface area contributed by atoms with Gasteiger partial charge < -0.3 is 10.9 Å². The number of carbonyl (C=O) groups is 1. The summed E-state index contributed by atoms with van der Waals surface area (Å²) in [4.78, 5) is 13.4. The summed E-state index contributed by atoms with van der Waals surface area (Å²) in [5.41, 5.74) is 5.82. The van der Waals surface area contributed by atoms with Crippen LogP contribution < -0.4 is 5.73 Å². The molecule has 0 aliphatic rings. The van der Waals surface area contributed by atoms with E-state index >= 15 is 0 Å². The second-order valence-corrected chi connectivity index (χ2v) is 4.71. The summed E-state index contributed by atoms with van der Waals surface area (Å²) < 4.78 is 0. The van der Waals surface area contributed by atoms with E-state index in [1.165, 1.54) is 4.90 Å². The summed E-state index contributed by atoms with van der Waals surface area (Å²) in [6.07, 6.45) is 4.81. The van der Waals surface area contributed by atoms with Gasteiger partial charge >= 0.3 is 0 Å². The van der Waals surface area contributed by atoms with Gasteiger partial charge in [-0.25, -0.2) is 0 Å². The average Bonchev–Trinajstić information content (AvgIpc) is 2.26. The van der Waals surface area contributed by atoms with Crippen molar-refractivity contribution in [3.05, 3.63) is 0 Å². The number of rotatable bonds is 8. The molecule has 17 heavy (non-hydrogen) atoms. The first-order chi connectivity index (χ1) is 8.02. The molecule has 1 atom stereocenters. The topological polar surface area (TPSA) is 78.9 Å². The van der Waals surface area contributed by atoms with E-state index in [4.69, 9.17) is 10.9 Å². The third-order valence-electron chi connectivity index (χ3n) is 2.52. The van der Waals surface area contributed by atoms with Crippen LogP contribution in [0, 0.1) is 5.92 Å². The van der Waals surface area contributed by atoms with E-state index < -0.39 is 6.04 Å². The molecule has 0 spiro atoms. The third kappa shape index (κ3) is 6.94. The van der Waals surface area contributed by atoms with Crippen LogP contribution in [0.5, 0.6) is 0 Å². The largest absolute Gasteiger partial charge is 0.410 e. The number of carbonyl (C=O) groups excluding carboxylic acids is 1. The summed E-state index contributed by atoms with van der Waals surface area (Å²) >= 11 is 0. The van der Waals surface area contributed by atoms with Gasteiger partial charge in [0.1, 0.15) is 6.34 Å². The Balaban J connectivity index is 4.32. The van der Waals surface area contributed by atoms with Crippen molar-refractivity contribution in [2.75, 3.05) is 6.54 Å². The van der Waals surface area contributed by atoms with Crippen LogP contribution in [-0.2, 0) is 4.79 Å². The summed E-state index contributed by atoms with van der Waals surface area (Å²) in [7, 11) is 0. The minimum atomic E-state index is -0.519. The van der Waals surface area contributed by atoms with Crippen LogP contribution in [0.4, 0.5) is 0 Å². The molecule has 0 aliphatic heterocycles. The molecule has 5 nitrogen and oxygen atoms in total. The number of nitrogens with zero attached hydrogens (tertiary/aromatic N) is 2. The van der Waals surface area contributed by atoms with E-state index in [2.05, 4.69) is 12.1 Å². The molecule has 0 aromatic rings. The Morgan fingerprint density at radius 1 is 1.47 bits per heavy atom. The summed E-state index contributed by atoms with van der Waals surface area (Å²) in [5.74, 6) is 0.199. The zero-order valence-corrected chi connectivity index (χ0v) is 11.1. The monoisotopic (exact) mass is 243 g/mol. The predicted molar refractivity (Wildman–Crippen MR) is 68.9 cm³/mol. The zero-order chi connectivity index (χ0) is 13.3. The van der Waals surface area contributed by atoms with Crippen molar-refractivity contribution in [2.45, 2.75) is 52.5 Å². The molecule has 3 N–H and O–H groups in total. The molecule has 1 unspecified atom stereocenters. The minimum absolute atomic E-state index is 0.174. The van der Waals surface area contributed by atoms with Gasteiger partial charge in [-0.2, -0.15) is 0 Å². The second-order valence-electron chi connectivity index (χ2n) is 4.71. The van der Waals surface area contributed by atoms with Crippen molar-refractivity contribution in [1.82, 2.24) is 4.90 Å². The number of hydrogen-bond acceptors (Lipinski definition) is 4. The molecule has 5 heteroatoms. The van der Waals surface area contributed by atoms with E-state index in [0.29, 0.717) is 18.9 Å². The molecule has 0 rings (SSSR count). The summed E-state index contributed by atoms with van der Waals surface area (Å²) in [5, 5.41) is 11.5. The van der Waals surface area contributed by atoms with Gasteiger partial charge in [-0.1, -0.05) is 38.8 Å². The molecule has 0 aromatic heterocycles. The van der Waals surface area contributed by atoms with Crippen LogP contribution in [0.15, 0.2) is 5.16 Å². The minimum Gasteiger partial charge on any atom is -0.410 e. The lowest BCUT2D eigenvalue weighted by molar-refractivity contribution is -0.129. The number of hydrogen-bond donors (Lipinski definition) is 2. The van der Waals surface area contributed by atoms with Gasteiger partial charge in [0, 0.05) is 6.54 Å². The molecular formula is C12H25N3O2. The fourth-order valence-electron chi connectivity index (χ4n) is 1.64. The normalized spacial score (nSPS) is 13.2. The number of oxime groups is 1. The van der Waals surface area contributed by atoms with Gasteiger partial charge in [0.25, 0.3) is 0 Å². The molecular weight excluding hydrogens is 218 g/mol. The first-order valence-electron chi connectivity index (χ1n) is 6.26. The zero-order valence-electron chi connectivity index (χ0n) is 11.1. The number of nitrogens with two attached hydrogens (primary N) is 1. The fourth-order valence-corrected chi connectivity index (χ4v) is 1.64. The van der Waals surface area contributed by atoms with E-state index in [0.717, 1.165) is 25.6 Å². The standard InChI is InChI=1S/C12H25N3O2/c1-4-5-6-7-15(9-14-17)12(16)11(13)8-10(2)3/h9-11,17H,4-8,13H2,1-3H3/b14-9-. The van der Waals surface area contributed by atoms with Crippen molar-refractivity contribution >= 4 is 12.2 Å². The molecule has 1 amide bonds. The van der Waals surface area contributed by atoms with E-state index in [9.17, 15) is 4.79 Å². The molecule has 0 fully saturated rings. The Morgan fingerprint density at radius 2 is 2.12 bits per heavy atom. The molecule has 0 saturated heterocycles. The third-order valence-corrected chi connectivity index (χ3v) is 2.52. The van der Waals surface area contributed by atoms with Crippen molar-refractivity contribution in [1.29, 1.82) is 0 Å². The summed E-state index contributed by atoms with van der Waals surface area (Å²) in [6, 6.07) is -0.519. The molecule has 0 radical (unpaired) electrons. The van der Waals surface area contributed by atoms with E-state index in [1.807, 2.05) is 13.8 Å². The predicted octanol–water partition coefficient (Wildman–Crippen LogP) is 1.80. The maximum atomic E-state index is 12.0. The average molecular weight is 243 g/mol. The van der Waals surface area contributed by atoms with Crippen molar-refractivity contribution in [3.8, 4) is 0 Å². The van der Waals surface area contributed by atoms with Gasteiger partial charge in [0.05, 0.1) is 6.04 Å². The number of unbranched alkanes of at least 4 members (excludes halogenated alkanes) is 2. The van der Waals surface area contributed by atoms with Crippen LogP contribution in [0.2, 0.25) is 0 Å². The Kier molecular flexibility index (Phi) is 8.40. The first kappa shape index (κ1) is 15.9. The van der Waals surface area contributed by atoms with Crippen LogP contribution in [0.3, 0.4) is 0 Å². The molecule has 0 heterocycles. The maximum absolute atomic E-state index is 12.0. The van der Waals surface area contributed by atoms with Gasteiger partial charge in [-0.15, -0.1) is 0 Å². The number of amides is 1. The van der Waals surface area contributed by atoms with Gasteiger partial charge in [-0.3, -0.25) is 9.69 Å². The van der Waals surface area contributed by atoms with Crippen LogP contribution in [-0.4, -0.2) is 34.9 Å². The first-order valence-corrected chi connectivity index (χ1v) is 6.26. The quantitative estimate of drug-likeness (QED) is 0.224. The molecule has 0 aromatic carbocycles. The van der Waals surface area contributed by atoms with Gasteiger partial charge in [0.15, 0.2) is 0 Å². The molecule has 0 aliphatic carbocycles. The Hall–Kier alpha value is -1.10. The Morgan fingerprint density at radius 3 is 2.59 bits per heavy atom. The highest BCUT2D eigenvalue weighted by atomic mass is 16.4. The smallest absolute Gasteiger partial charge is 0.244 e. The lowest BCUT2D eigenvalue weighted by Gasteiger charge is -2.21. The highest BCUT2D eigenvalue weighted by molar-refractivity contribution is 5.91. The molecule has 0 bridgehead atoms. The van der Waals surface area contributed by atoms with Gasteiger partial charge in [0.2, 0.25) is 5.91 Å². The second kappa shape index (κ2) is 8.98. The molecule has 0 saturated carbocycles. The van der Waals surface area contributed by atoms with Crippen molar-refractivity contribution in [2.24, 2.45) is 16.8 Å². The highest BCUT2D eigenvalue weighted by Crippen LogP contribution is 2.06. The highest BCUT2D eigenvalue weighted by Gasteiger charge is 2.20. The van der Waals surface area contributed by atoms with Crippen LogP contribution in [0.1, 0.15) is 46.5 Å². The van der Waals surface area contributed by atoms with E-state index in [1.54, 1.807) is 0 Å². The van der Waals surface area contributed by atoms with Crippen LogP contribution >= 0.6 is 0 Å². The molecule has 100 valence electrons. The van der Waals surface area contributed by atoms with Gasteiger partial charge in [-0.05, 0) is 18.8 Å². The lowest BCUT2D eigenvalue weighted by Crippen LogP contribution is -2.44. The fraction of sp³-hybridized carbons (Fsp3) is 0.833. The SMILES string of the molecule is CCCCCN(/C=N\O)C(=O)C(N)CC(C)C. The lowest BCUT2D eigenvalue weighted by atomic mass is 10.0.